The van der Waals surface area contributed by atoms with E-state index in [0.717, 1.165) is 36.8 Å². The summed E-state index contributed by atoms with van der Waals surface area (Å²) in [4.78, 5) is 69.2. The molecule has 4 fully saturated rings. The summed E-state index contributed by atoms with van der Waals surface area (Å²) in [6.45, 7) is 7.04. The van der Waals surface area contributed by atoms with Gasteiger partial charge in [-0.15, -0.1) is 0 Å². The lowest BCUT2D eigenvalue weighted by molar-refractivity contribution is -0.145. The monoisotopic (exact) mass is 1120 g/mol. The molecule has 2 aromatic heterocycles. The zero-order valence-electron chi connectivity index (χ0n) is 44.5. The molecule has 0 spiro atoms. The zero-order chi connectivity index (χ0) is 57.3. The Balaban J connectivity index is 0.000000240. The highest BCUT2D eigenvalue weighted by atomic mass is 35.5. The summed E-state index contributed by atoms with van der Waals surface area (Å²) in [6.07, 6.45) is -0.478. The molecule has 2 aromatic carbocycles. The molecule has 8 rings (SSSR count). The third-order valence-electron chi connectivity index (χ3n) is 14.5. The van der Waals surface area contributed by atoms with E-state index in [0.29, 0.717) is 134 Å². The normalized spacial score (nSPS) is 17.9. The van der Waals surface area contributed by atoms with Crippen LogP contribution in [0.1, 0.15) is 125 Å². The summed E-state index contributed by atoms with van der Waals surface area (Å²) in [5, 5.41) is 20.3. The van der Waals surface area contributed by atoms with E-state index in [1.165, 1.54) is 13.8 Å². The Kier molecular flexibility index (Phi) is 22.4. The van der Waals surface area contributed by atoms with Crippen molar-refractivity contribution in [1.82, 2.24) is 25.3 Å². The van der Waals surface area contributed by atoms with Crippen LogP contribution in [0.3, 0.4) is 0 Å². The highest BCUT2D eigenvalue weighted by Gasteiger charge is 2.40. The van der Waals surface area contributed by atoms with E-state index in [9.17, 15) is 45.5 Å². The SMILES string of the molecule is CC(=O)Cl.CC(=O)NCC1CCN(c2cc(N3CCC[C@H]3C(=O)CCCc3ccc(C#N)cc3)nc(C(F)(F)F)n2)CC1.N#Cc1ccc(CCCC(=O)[C@@H]2CCCN2c2cc(N3CCC(CN)CC3)nc(C(F)(F)F)n2)cc1. The minimum atomic E-state index is -4.71. The van der Waals surface area contributed by atoms with Gasteiger partial charge in [0.05, 0.1) is 35.3 Å². The molecule has 424 valence electrons. The number of nitriles is 2. The van der Waals surface area contributed by atoms with E-state index in [-0.39, 0.29) is 51.9 Å². The fourth-order valence-corrected chi connectivity index (χ4v) is 10.3. The van der Waals surface area contributed by atoms with E-state index < -0.39 is 36.1 Å². The molecule has 0 bridgehead atoms. The van der Waals surface area contributed by atoms with Gasteiger partial charge in [-0.05, 0) is 142 Å². The van der Waals surface area contributed by atoms with Crippen LogP contribution in [0, 0.1) is 34.5 Å². The number of benzene rings is 2. The van der Waals surface area contributed by atoms with E-state index in [2.05, 4.69) is 49.0 Å². The number of carbonyl (C=O) groups excluding carboxylic acids is 4. The van der Waals surface area contributed by atoms with Gasteiger partial charge in [0, 0.05) is 84.6 Å². The number of anilines is 4. The third-order valence-corrected chi connectivity index (χ3v) is 14.5. The van der Waals surface area contributed by atoms with Crippen molar-refractivity contribution in [1.29, 1.82) is 10.5 Å². The number of rotatable bonds is 17. The topological polar surface area (TPSA) is 218 Å². The van der Waals surface area contributed by atoms with Gasteiger partial charge in [-0.1, -0.05) is 24.3 Å². The molecule has 0 saturated carbocycles. The summed E-state index contributed by atoms with van der Waals surface area (Å²) in [7, 11) is 0. The Bertz CT molecular complexity index is 2770. The van der Waals surface area contributed by atoms with Crippen LogP contribution in [0.5, 0.6) is 0 Å². The molecule has 6 heterocycles. The fourth-order valence-electron chi connectivity index (χ4n) is 10.3. The van der Waals surface area contributed by atoms with Gasteiger partial charge in [0.1, 0.15) is 23.3 Å². The second kappa shape index (κ2) is 28.8. The molecule has 4 aliphatic rings. The lowest BCUT2D eigenvalue weighted by atomic mass is 9.97. The molecular formula is C56H67ClF6N12O4. The zero-order valence-corrected chi connectivity index (χ0v) is 45.2. The number of hydrogen-bond acceptors (Lipinski definition) is 15. The van der Waals surface area contributed by atoms with Gasteiger partial charge < -0.3 is 30.7 Å². The van der Waals surface area contributed by atoms with Crippen molar-refractivity contribution >= 4 is 57.6 Å². The number of aryl methyl sites for hydroxylation is 2. The number of piperidine rings is 2. The first-order valence-corrected chi connectivity index (χ1v) is 27.1. The highest BCUT2D eigenvalue weighted by molar-refractivity contribution is 6.62. The van der Waals surface area contributed by atoms with Crippen molar-refractivity contribution in [2.24, 2.45) is 17.6 Å². The maximum Gasteiger partial charge on any atom is 0.451 e. The maximum absolute atomic E-state index is 13.8. The minimum absolute atomic E-state index is 0.00588. The Morgan fingerprint density at radius 3 is 1.32 bits per heavy atom. The van der Waals surface area contributed by atoms with Crippen molar-refractivity contribution in [3.63, 3.8) is 0 Å². The van der Waals surface area contributed by atoms with Gasteiger partial charge >= 0.3 is 12.4 Å². The number of alkyl halides is 6. The van der Waals surface area contributed by atoms with Gasteiger partial charge in [-0.2, -0.15) is 36.9 Å². The smallest absolute Gasteiger partial charge is 0.356 e. The summed E-state index contributed by atoms with van der Waals surface area (Å²) in [5.41, 5.74) is 8.99. The fraction of sp³-hybridized carbons (Fsp3) is 0.536. The molecule has 16 nitrogen and oxygen atoms in total. The number of Topliss-reactive ketones (excluding diaryl/α,β-unsaturated/α-hetero) is 2. The average molecular weight is 1120 g/mol. The Morgan fingerprint density at radius 1 is 0.608 bits per heavy atom. The molecule has 0 unspecified atom stereocenters. The molecule has 4 aliphatic heterocycles. The number of nitrogens with one attached hydrogen (secondary N) is 1. The van der Waals surface area contributed by atoms with Gasteiger partial charge in [0.2, 0.25) is 22.8 Å². The van der Waals surface area contributed by atoms with E-state index in [1.807, 2.05) is 34.1 Å². The summed E-state index contributed by atoms with van der Waals surface area (Å²) in [6, 6.07) is 20.8. The van der Waals surface area contributed by atoms with E-state index in [1.54, 1.807) is 46.2 Å². The number of carbonyl (C=O) groups is 4. The molecule has 2 atom stereocenters. The summed E-state index contributed by atoms with van der Waals surface area (Å²) >= 11 is 4.64. The third kappa shape index (κ3) is 18.3. The molecule has 4 aromatic rings. The lowest BCUT2D eigenvalue weighted by Gasteiger charge is -2.34. The second-order valence-corrected chi connectivity index (χ2v) is 20.8. The van der Waals surface area contributed by atoms with Crippen molar-refractivity contribution in [3.8, 4) is 12.1 Å². The van der Waals surface area contributed by atoms with Gasteiger partial charge in [-0.25, -0.2) is 19.9 Å². The minimum Gasteiger partial charge on any atom is -0.356 e. The van der Waals surface area contributed by atoms with Crippen molar-refractivity contribution in [3.05, 3.63) is 94.6 Å². The second-order valence-electron chi connectivity index (χ2n) is 20.3. The quantitative estimate of drug-likeness (QED) is 0.0744. The maximum atomic E-state index is 13.8. The van der Waals surface area contributed by atoms with Crippen LogP contribution in [0.25, 0.3) is 0 Å². The predicted octanol–water partition coefficient (Wildman–Crippen LogP) is 9.16. The van der Waals surface area contributed by atoms with Crippen molar-refractivity contribution in [2.75, 3.05) is 72.0 Å². The van der Waals surface area contributed by atoms with Crippen LogP contribution < -0.4 is 30.7 Å². The van der Waals surface area contributed by atoms with E-state index in [4.69, 9.17) is 16.3 Å². The number of aromatic nitrogens is 4. The highest BCUT2D eigenvalue weighted by Crippen LogP contribution is 2.36. The predicted molar refractivity (Wildman–Crippen MR) is 287 cm³/mol. The number of nitrogens with two attached hydrogens (primary N) is 1. The molecule has 1 amide bonds. The van der Waals surface area contributed by atoms with Crippen LogP contribution in [-0.4, -0.2) is 107 Å². The Labute approximate surface area is 461 Å². The average Bonchev–Trinajstić information content (AvgIpc) is 4.19. The Morgan fingerprint density at radius 2 is 0.975 bits per heavy atom. The number of hydrogen-bond donors (Lipinski definition) is 2. The van der Waals surface area contributed by atoms with Crippen molar-refractivity contribution in [2.45, 2.75) is 128 Å². The van der Waals surface area contributed by atoms with Crippen LogP contribution in [0.2, 0.25) is 0 Å². The number of nitrogens with zero attached hydrogens (tertiary/aromatic N) is 10. The van der Waals surface area contributed by atoms with Crippen molar-refractivity contribution < 1.29 is 45.5 Å². The van der Waals surface area contributed by atoms with Crippen LogP contribution >= 0.6 is 11.6 Å². The molecule has 23 heteroatoms. The van der Waals surface area contributed by atoms with Gasteiger partial charge in [-0.3, -0.25) is 19.2 Å². The molecule has 79 heavy (non-hydrogen) atoms. The van der Waals surface area contributed by atoms with E-state index >= 15 is 0 Å². The summed E-state index contributed by atoms with van der Waals surface area (Å²) < 4.78 is 82.4. The number of amides is 1. The molecule has 0 radical (unpaired) electrons. The first-order chi connectivity index (χ1) is 37.6. The first-order valence-electron chi connectivity index (χ1n) is 26.8. The number of halogens is 7. The first kappa shape index (κ1) is 61.3. The van der Waals surface area contributed by atoms with Crippen LogP contribution in [0.15, 0.2) is 60.7 Å². The molecule has 4 saturated heterocycles. The number of ketones is 2. The van der Waals surface area contributed by atoms with Gasteiger partial charge in [0.15, 0.2) is 11.6 Å². The molecule has 3 N–H and O–H groups in total. The molecular weight excluding hydrogens is 1050 g/mol. The summed E-state index contributed by atoms with van der Waals surface area (Å²) in [5.74, 6) is -1.07. The van der Waals surface area contributed by atoms with Crippen LogP contribution in [-0.2, 0) is 44.4 Å². The largest absolute Gasteiger partial charge is 0.451 e. The standard InChI is InChI=1S/C28H33F3N6O2.C26H31F3N6O.C2H3ClO/c1-19(38)33-18-22-11-14-36(15-12-22)25-16-26(35-27(34-25)28(29,30)31)37-13-3-5-23(37)24(39)6-2-4-20-7-9-21(17-32)10-8-20;27-26(28,29)25-32-23(34-13-10-20(17-31)11-14-34)15-24(33-25)35-12-2-4-21(35)22(36)5-1-3-18-6-8-19(16-30)9-7-18;1-2(3)4/h7-10,16,22-23H,2-6,11-15,18H2,1H3,(H,33,38);6-9,15,20-21H,1-5,10-14,17,31H2;1H3/t23-;21-;/m00./s1. The Hall–Kier alpha value is -6.91. The van der Waals surface area contributed by atoms with Gasteiger partial charge in [0.25, 0.3) is 0 Å². The molecule has 0 aliphatic carbocycles. The van der Waals surface area contributed by atoms with Crippen LogP contribution in [0.4, 0.5) is 49.6 Å². The lowest BCUT2D eigenvalue weighted by Crippen LogP contribution is -2.40.